The van der Waals surface area contributed by atoms with E-state index in [1.807, 2.05) is 50.2 Å². The fourth-order valence-electron chi connectivity index (χ4n) is 3.82. The molecule has 3 rings (SSSR count). The fourth-order valence-corrected chi connectivity index (χ4v) is 5.79. The van der Waals surface area contributed by atoms with Gasteiger partial charge in [0.15, 0.2) is 0 Å². The summed E-state index contributed by atoms with van der Waals surface area (Å²) in [6.45, 7) is 4.16. The SMILES string of the molecule is CCC(C)NC(=O)C(Cc1ccccc1)N(Cc1ccc(Cl)c(Cl)c1)C(=O)CSCc1c(Cl)cccc1Cl. The van der Waals surface area contributed by atoms with Gasteiger partial charge in [-0.15, -0.1) is 11.8 Å². The van der Waals surface area contributed by atoms with E-state index >= 15 is 0 Å². The van der Waals surface area contributed by atoms with Crippen LogP contribution in [0.5, 0.6) is 0 Å². The highest BCUT2D eigenvalue weighted by Crippen LogP contribution is 2.29. The molecule has 0 aliphatic carbocycles. The lowest BCUT2D eigenvalue weighted by atomic mass is 10.0. The summed E-state index contributed by atoms with van der Waals surface area (Å²) in [7, 11) is 0. The Bertz CT molecular complexity index is 1220. The van der Waals surface area contributed by atoms with Crippen LogP contribution in [0.2, 0.25) is 20.1 Å². The largest absolute Gasteiger partial charge is 0.352 e. The summed E-state index contributed by atoms with van der Waals surface area (Å²) in [4.78, 5) is 28.9. The van der Waals surface area contributed by atoms with Gasteiger partial charge in [0.1, 0.15) is 6.04 Å². The normalized spacial score (nSPS) is 12.6. The van der Waals surface area contributed by atoms with Crippen molar-refractivity contribution in [3.63, 3.8) is 0 Å². The molecule has 0 saturated heterocycles. The maximum absolute atomic E-state index is 13.8. The Labute approximate surface area is 249 Å². The smallest absolute Gasteiger partial charge is 0.243 e. The molecule has 0 saturated carbocycles. The van der Waals surface area contributed by atoms with Gasteiger partial charge in [0.2, 0.25) is 11.8 Å². The number of amides is 2. The van der Waals surface area contributed by atoms with Crippen LogP contribution in [0.4, 0.5) is 0 Å². The number of halogens is 4. The third-order valence-electron chi connectivity index (χ3n) is 6.14. The summed E-state index contributed by atoms with van der Waals surface area (Å²) in [6, 6.07) is 19.5. The molecule has 3 aromatic carbocycles. The van der Waals surface area contributed by atoms with Crippen LogP contribution in [0.25, 0.3) is 0 Å². The lowest BCUT2D eigenvalue weighted by Crippen LogP contribution is -2.52. The summed E-state index contributed by atoms with van der Waals surface area (Å²) in [5.74, 6) is 0.234. The van der Waals surface area contributed by atoms with Crippen molar-refractivity contribution >= 4 is 70.0 Å². The molecule has 1 N–H and O–H groups in total. The third-order valence-corrected chi connectivity index (χ3v) is 8.53. The molecule has 0 aromatic heterocycles. The minimum absolute atomic E-state index is 0.0283. The van der Waals surface area contributed by atoms with E-state index in [0.717, 1.165) is 23.1 Å². The molecule has 0 aliphatic heterocycles. The van der Waals surface area contributed by atoms with Crippen LogP contribution in [-0.2, 0) is 28.3 Å². The Hall–Kier alpha value is -1.89. The van der Waals surface area contributed by atoms with Crippen molar-refractivity contribution in [2.75, 3.05) is 5.75 Å². The number of hydrogen-bond acceptors (Lipinski definition) is 3. The zero-order valence-electron chi connectivity index (χ0n) is 21.2. The van der Waals surface area contributed by atoms with Gasteiger partial charge in [-0.1, -0.05) is 95.8 Å². The van der Waals surface area contributed by atoms with E-state index in [9.17, 15) is 9.59 Å². The standard InChI is InChI=1S/C29H30Cl4N2O2S/c1-3-19(2)34-29(37)27(15-20-8-5-4-6-9-20)35(16-21-12-13-25(32)26(33)14-21)28(36)18-38-17-22-23(30)10-7-11-24(22)31/h4-14,19,27H,3,15-18H2,1-2H3,(H,34,37). The average Bonchev–Trinajstić information content (AvgIpc) is 2.90. The summed E-state index contributed by atoms with van der Waals surface area (Å²) in [5.41, 5.74) is 2.51. The Morgan fingerprint density at radius 1 is 0.868 bits per heavy atom. The van der Waals surface area contributed by atoms with Gasteiger partial charge in [-0.25, -0.2) is 0 Å². The van der Waals surface area contributed by atoms with Crippen LogP contribution in [-0.4, -0.2) is 34.6 Å². The van der Waals surface area contributed by atoms with E-state index in [-0.39, 0.29) is 30.2 Å². The average molecular weight is 612 g/mol. The highest BCUT2D eigenvalue weighted by atomic mass is 35.5. The van der Waals surface area contributed by atoms with Gasteiger partial charge in [-0.3, -0.25) is 9.59 Å². The van der Waals surface area contributed by atoms with E-state index < -0.39 is 6.04 Å². The van der Waals surface area contributed by atoms with Crippen LogP contribution >= 0.6 is 58.2 Å². The summed E-state index contributed by atoms with van der Waals surface area (Å²) in [5, 5.41) is 5.00. The maximum atomic E-state index is 13.8. The fraction of sp³-hybridized carbons (Fsp3) is 0.310. The van der Waals surface area contributed by atoms with Gasteiger partial charge in [0, 0.05) is 34.8 Å². The van der Waals surface area contributed by atoms with Crippen molar-refractivity contribution < 1.29 is 9.59 Å². The predicted molar refractivity (Wildman–Crippen MR) is 161 cm³/mol. The molecule has 0 radical (unpaired) electrons. The monoisotopic (exact) mass is 610 g/mol. The predicted octanol–water partition coefficient (Wildman–Crippen LogP) is 8.09. The molecular formula is C29H30Cl4N2O2S. The van der Waals surface area contributed by atoms with E-state index in [1.54, 1.807) is 35.2 Å². The maximum Gasteiger partial charge on any atom is 0.243 e. The van der Waals surface area contributed by atoms with Crippen LogP contribution in [0.3, 0.4) is 0 Å². The number of nitrogens with one attached hydrogen (secondary N) is 1. The molecule has 0 bridgehead atoms. The molecule has 9 heteroatoms. The van der Waals surface area contributed by atoms with Crippen molar-refractivity contribution in [3.8, 4) is 0 Å². The first kappa shape index (κ1) is 30.6. The lowest BCUT2D eigenvalue weighted by Gasteiger charge is -2.32. The Kier molecular flexibility index (Phi) is 12.1. The van der Waals surface area contributed by atoms with Crippen LogP contribution < -0.4 is 5.32 Å². The van der Waals surface area contributed by atoms with E-state index in [4.69, 9.17) is 46.4 Å². The number of nitrogens with zero attached hydrogens (tertiary/aromatic N) is 1. The minimum Gasteiger partial charge on any atom is -0.352 e. The molecule has 0 aliphatic rings. The van der Waals surface area contributed by atoms with Gasteiger partial charge in [-0.05, 0) is 54.3 Å². The first-order chi connectivity index (χ1) is 18.2. The molecule has 38 heavy (non-hydrogen) atoms. The second kappa shape index (κ2) is 15.0. The zero-order chi connectivity index (χ0) is 27.7. The third kappa shape index (κ3) is 8.82. The zero-order valence-corrected chi connectivity index (χ0v) is 25.1. The second-order valence-corrected chi connectivity index (χ2v) is 11.6. The van der Waals surface area contributed by atoms with E-state index in [0.29, 0.717) is 32.3 Å². The molecule has 2 unspecified atom stereocenters. The molecule has 0 fully saturated rings. The quantitative estimate of drug-likeness (QED) is 0.225. The number of benzene rings is 3. The van der Waals surface area contributed by atoms with Crippen LogP contribution in [0.1, 0.15) is 37.0 Å². The first-order valence-electron chi connectivity index (χ1n) is 12.3. The van der Waals surface area contributed by atoms with Gasteiger partial charge < -0.3 is 10.2 Å². The van der Waals surface area contributed by atoms with Gasteiger partial charge in [-0.2, -0.15) is 0 Å². The minimum atomic E-state index is -0.724. The van der Waals surface area contributed by atoms with Crippen molar-refractivity contribution in [2.45, 2.75) is 51.1 Å². The number of carbonyl (C=O) groups is 2. The summed E-state index contributed by atoms with van der Waals surface area (Å²) >= 11 is 26.4. The molecule has 2 amide bonds. The lowest BCUT2D eigenvalue weighted by molar-refractivity contribution is -0.139. The summed E-state index contributed by atoms with van der Waals surface area (Å²) in [6.07, 6.45) is 1.15. The van der Waals surface area contributed by atoms with E-state index in [1.165, 1.54) is 11.8 Å². The Balaban J connectivity index is 1.90. The molecule has 3 aromatic rings. The Morgan fingerprint density at radius 3 is 2.18 bits per heavy atom. The molecule has 0 spiro atoms. The van der Waals surface area contributed by atoms with Crippen LogP contribution in [0.15, 0.2) is 66.7 Å². The number of thioether (sulfide) groups is 1. The van der Waals surface area contributed by atoms with Gasteiger partial charge >= 0.3 is 0 Å². The molecule has 0 heterocycles. The van der Waals surface area contributed by atoms with E-state index in [2.05, 4.69) is 5.32 Å². The number of carbonyl (C=O) groups excluding carboxylic acids is 2. The van der Waals surface area contributed by atoms with Crippen molar-refractivity contribution in [3.05, 3.63) is 104 Å². The van der Waals surface area contributed by atoms with Crippen molar-refractivity contribution in [1.29, 1.82) is 0 Å². The Morgan fingerprint density at radius 2 is 1.55 bits per heavy atom. The van der Waals surface area contributed by atoms with Crippen molar-refractivity contribution in [2.24, 2.45) is 0 Å². The second-order valence-electron chi connectivity index (χ2n) is 8.99. The molecule has 2 atom stereocenters. The number of rotatable bonds is 12. The molecule has 202 valence electrons. The topological polar surface area (TPSA) is 49.4 Å². The highest BCUT2D eigenvalue weighted by Gasteiger charge is 2.31. The highest BCUT2D eigenvalue weighted by molar-refractivity contribution is 7.99. The summed E-state index contributed by atoms with van der Waals surface area (Å²) < 4.78 is 0. The van der Waals surface area contributed by atoms with Gasteiger partial charge in [0.25, 0.3) is 0 Å². The number of hydrogen-bond donors (Lipinski definition) is 1. The molecule has 4 nitrogen and oxygen atoms in total. The van der Waals surface area contributed by atoms with Gasteiger partial charge in [0.05, 0.1) is 15.8 Å². The van der Waals surface area contributed by atoms with Crippen molar-refractivity contribution in [1.82, 2.24) is 10.2 Å². The molecular weight excluding hydrogens is 582 g/mol. The first-order valence-corrected chi connectivity index (χ1v) is 14.9. The van der Waals surface area contributed by atoms with Crippen LogP contribution in [0, 0.1) is 0 Å².